The largest absolute Gasteiger partial charge is 0.339 e. The molecule has 1 fully saturated rings. The summed E-state index contributed by atoms with van der Waals surface area (Å²) in [7, 11) is 0. The van der Waals surface area contributed by atoms with Crippen LogP contribution in [0.25, 0.3) is 11.4 Å². The van der Waals surface area contributed by atoms with Crippen molar-refractivity contribution in [1.82, 2.24) is 10.1 Å². The molecule has 1 atom stereocenters. The quantitative estimate of drug-likeness (QED) is 0.612. The third-order valence-electron chi connectivity index (χ3n) is 4.36. The minimum Gasteiger partial charge on any atom is -0.339 e. The second-order valence-electron chi connectivity index (χ2n) is 6.07. The highest BCUT2D eigenvalue weighted by molar-refractivity contribution is 7.98. The molecule has 7 heteroatoms. The minimum atomic E-state index is -0.110. The standard InChI is InChI=1S/C19H16ClN3O2S/c1-26-16-7-3-6-15(10-16)23-11-13(9-17(23)24)19-21-18(22-25-19)12-4-2-5-14(20)8-12/h2-8,10,13H,9,11H2,1H3. The highest BCUT2D eigenvalue weighted by atomic mass is 35.5. The van der Waals surface area contributed by atoms with Gasteiger partial charge in [0.1, 0.15) is 0 Å². The number of benzene rings is 2. The smallest absolute Gasteiger partial charge is 0.232 e. The van der Waals surface area contributed by atoms with E-state index < -0.39 is 0 Å². The fraction of sp³-hybridized carbons (Fsp3) is 0.211. The Morgan fingerprint density at radius 3 is 2.88 bits per heavy atom. The molecule has 0 aliphatic carbocycles. The van der Waals surface area contributed by atoms with E-state index in [0.29, 0.717) is 29.7 Å². The molecule has 0 N–H and O–H groups in total. The van der Waals surface area contributed by atoms with E-state index in [2.05, 4.69) is 10.1 Å². The lowest BCUT2D eigenvalue weighted by molar-refractivity contribution is -0.117. The van der Waals surface area contributed by atoms with E-state index in [4.69, 9.17) is 16.1 Å². The molecule has 2 aromatic carbocycles. The van der Waals surface area contributed by atoms with Crippen molar-refractivity contribution in [1.29, 1.82) is 0 Å². The Hall–Kier alpha value is -2.31. The van der Waals surface area contributed by atoms with Crippen molar-refractivity contribution in [2.45, 2.75) is 17.2 Å². The van der Waals surface area contributed by atoms with E-state index >= 15 is 0 Å². The second kappa shape index (κ2) is 7.13. The van der Waals surface area contributed by atoms with Gasteiger partial charge in [-0.3, -0.25) is 4.79 Å². The Labute approximate surface area is 160 Å². The minimum absolute atomic E-state index is 0.0655. The number of carbonyl (C=O) groups is 1. The Kier molecular flexibility index (Phi) is 4.70. The van der Waals surface area contributed by atoms with E-state index in [-0.39, 0.29) is 11.8 Å². The normalized spacial score (nSPS) is 17.1. The summed E-state index contributed by atoms with van der Waals surface area (Å²) in [5, 5.41) is 4.66. The molecule has 4 rings (SSSR count). The van der Waals surface area contributed by atoms with Crippen molar-refractivity contribution in [2.24, 2.45) is 0 Å². The van der Waals surface area contributed by atoms with Gasteiger partial charge in [-0.25, -0.2) is 0 Å². The summed E-state index contributed by atoms with van der Waals surface area (Å²) in [6.07, 6.45) is 2.38. The van der Waals surface area contributed by atoms with Gasteiger partial charge in [0.25, 0.3) is 0 Å². The summed E-state index contributed by atoms with van der Waals surface area (Å²) in [5.41, 5.74) is 1.69. The average Bonchev–Trinajstić information content (AvgIpc) is 3.28. The molecule has 5 nitrogen and oxygen atoms in total. The zero-order valence-corrected chi connectivity index (χ0v) is 15.6. The number of thioether (sulfide) groups is 1. The number of carbonyl (C=O) groups excluding carboxylic acids is 1. The maximum Gasteiger partial charge on any atom is 0.232 e. The molecular weight excluding hydrogens is 370 g/mol. The average molecular weight is 386 g/mol. The van der Waals surface area contributed by atoms with Gasteiger partial charge in [0, 0.05) is 34.1 Å². The van der Waals surface area contributed by atoms with Crippen LogP contribution in [0.2, 0.25) is 5.02 Å². The van der Waals surface area contributed by atoms with Gasteiger partial charge in [0.15, 0.2) is 0 Å². The molecule has 3 aromatic rings. The number of hydrogen-bond acceptors (Lipinski definition) is 5. The van der Waals surface area contributed by atoms with Gasteiger partial charge < -0.3 is 9.42 Å². The van der Waals surface area contributed by atoms with Crippen LogP contribution in [0.4, 0.5) is 5.69 Å². The molecule has 132 valence electrons. The van der Waals surface area contributed by atoms with Crippen molar-refractivity contribution < 1.29 is 9.32 Å². The first-order valence-electron chi connectivity index (χ1n) is 8.18. The van der Waals surface area contributed by atoms with Crippen molar-refractivity contribution in [3.8, 4) is 11.4 Å². The third-order valence-corrected chi connectivity index (χ3v) is 5.32. The van der Waals surface area contributed by atoms with E-state index in [1.807, 2.05) is 42.7 Å². The second-order valence-corrected chi connectivity index (χ2v) is 7.39. The van der Waals surface area contributed by atoms with Gasteiger partial charge in [-0.1, -0.05) is 35.0 Å². The number of rotatable bonds is 4. The molecule has 1 aromatic heterocycles. The Morgan fingerprint density at radius 2 is 2.08 bits per heavy atom. The van der Waals surface area contributed by atoms with E-state index in [1.165, 1.54) is 0 Å². The first kappa shape index (κ1) is 17.1. The van der Waals surface area contributed by atoms with Crippen LogP contribution in [0.5, 0.6) is 0 Å². The molecule has 2 heterocycles. The van der Waals surface area contributed by atoms with Crippen molar-refractivity contribution in [2.75, 3.05) is 17.7 Å². The number of nitrogens with zero attached hydrogens (tertiary/aromatic N) is 3. The number of anilines is 1. The summed E-state index contributed by atoms with van der Waals surface area (Å²) < 4.78 is 5.43. The monoisotopic (exact) mass is 385 g/mol. The first-order chi connectivity index (χ1) is 12.6. The lowest BCUT2D eigenvalue weighted by Gasteiger charge is -2.16. The Balaban J connectivity index is 1.56. The molecule has 0 bridgehead atoms. The molecule has 0 saturated carbocycles. The van der Waals surface area contributed by atoms with Crippen LogP contribution in [-0.4, -0.2) is 28.8 Å². The summed E-state index contributed by atoms with van der Waals surface area (Å²) in [6, 6.07) is 15.3. The van der Waals surface area contributed by atoms with Crippen molar-refractivity contribution >= 4 is 35.0 Å². The van der Waals surface area contributed by atoms with E-state index in [0.717, 1.165) is 16.1 Å². The highest BCUT2D eigenvalue weighted by Crippen LogP contribution is 2.33. The zero-order chi connectivity index (χ0) is 18.1. The van der Waals surface area contributed by atoms with Gasteiger partial charge >= 0.3 is 0 Å². The van der Waals surface area contributed by atoms with Crippen LogP contribution >= 0.6 is 23.4 Å². The van der Waals surface area contributed by atoms with Crippen molar-refractivity contribution in [3.05, 3.63) is 59.4 Å². The Morgan fingerprint density at radius 1 is 1.23 bits per heavy atom. The van der Waals surface area contributed by atoms with E-state index in [9.17, 15) is 4.79 Å². The molecule has 1 aliphatic heterocycles. The van der Waals surface area contributed by atoms with Crippen LogP contribution in [0.1, 0.15) is 18.2 Å². The lowest BCUT2D eigenvalue weighted by Crippen LogP contribution is -2.24. The highest BCUT2D eigenvalue weighted by Gasteiger charge is 2.35. The maximum atomic E-state index is 12.5. The number of halogens is 1. The molecule has 26 heavy (non-hydrogen) atoms. The number of aromatic nitrogens is 2. The van der Waals surface area contributed by atoms with Crippen LogP contribution in [0.15, 0.2) is 57.9 Å². The molecule has 1 unspecified atom stereocenters. The first-order valence-corrected chi connectivity index (χ1v) is 9.78. The van der Waals surface area contributed by atoms with Gasteiger partial charge in [0.05, 0.1) is 5.92 Å². The molecule has 1 amide bonds. The summed E-state index contributed by atoms with van der Waals surface area (Å²) in [4.78, 5) is 19.9. The van der Waals surface area contributed by atoms with Gasteiger partial charge in [-0.15, -0.1) is 11.8 Å². The summed E-state index contributed by atoms with van der Waals surface area (Å²) >= 11 is 7.67. The topological polar surface area (TPSA) is 59.2 Å². The zero-order valence-electron chi connectivity index (χ0n) is 14.1. The number of amides is 1. The summed E-state index contributed by atoms with van der Waals surface area (Å²) in [6.45, 7) is 0.536. The third kappa shape index (κ3) is 3.34. The van der Waals surface area contributed by atoms with Gasteiger partial charge in [-0.05, 0) is 36.6 Å². The maximum absolute atomic E-state index is 12.5. The molecule has 0 radical (unpaired) electrons. The summed E-state index contributed by atoms with van der Waals surface area (Å²) in [5.74, 6) is 0.922. The van der Waals surface area contributed by atoms with Gasteiger partial charge in [0.2, 0.25) is 17.6 Å². The molecule has 1 saturated heterocycles. The lowest BCUT2D eigenvalue weighted by atomic mass is 10.1. The van der Waals surface area contributed by atoms with Crippen LogP contribution < -0.4 is 4.90 Å². The Bertz CT molecular complexity index is 959. The van der Waals surface area contributed by atoms with E-state index in [1.54, 1.807) is 28.8 Å². The van der Waals surface area contributed by atoms with Crippen LogP contribution in [-0.2, 0) is 4.79 Å². The molecule has 0 spiro atoms. The van der Waals surface area contributed by atoms with Gasteiger partial charge in [-0.2, -0.15) is 4.98 Å². The predicted molar refractivity (Wildman–Crippen MR) is 103 cm³/mol. The SMILES string of the molecule is CSc1cccc(N2CC(c3nc(-c4cccc(Cl)c4)no3)CC2=O)c1. The van der Waals surface area contributed by atoms with Crippen LogP contribution in [0, 0.1) is 0 Å². The van der Waals surface area contributed by atoms with Crippen molar-refractivity contribution in [3.63, 3.8) is 0 Å². The number of hydrogen-bond donors (Lipinski definition) is 0. The predicted octanol–water partition coefficient (Wildman–Crippen LogP) is 4.63. The fourth-order valence-electron chi connectivity index (χ4n) is 3.05. The van der Waals surface area contributed by atoms with Crippen LogP contribution in [0.3, 0.4) is 0 Å². The fourth-order valence-corrected chi connectivity index (χ4v) is 3.69. The molecule has 1 aliphatic rings. The molecular formula is C19H16ClN3O2S.